The summed E-state index contributed by atoms with van der Waals surface area (Å²) in [6, 6.07) is 10.4. The van der Waals surface area contributed by atoms with E-state index in [2.05, 4.69) is 15.5 Å². The molecule has 1 aliphatic heterocycles. The Morgan fingerprint density at radius 2 is 1.76 bits per heavy atom. The third-order valence-electron chi connectivity index (χ3n) is 4.92. The number of aromatic nitrogens is 4. The van der Waals surface area contributed by atoms with Crippen LogP contribution < -0.4 is 4.90 Å². The summed E-state index contributed by atoms with van der Waals surface area (Å²) in [4.78, 5) is 1.09. The van der Waals surface area contributed by atoms with Crippen LogP contribution >= 0.6 is 0 Å². The number of hydrogen-bond acceptors (Lipinski definition) is 4. The summed E-state index contributed by atoms with van der Waals surface area (Å²) in [5, 5.41) is 11.8. The van der Waals surface area contributed by atoms with Crippen LogP contribution in [-0.4, -0.2) is 46.5 Å². The summed E-state index contributed by atoms with van der Waals surface area (Å²) < 4.78 is 59.6. The average molecular weight is 408 g/mol. The monoisotopic (exact) mass is 408 g/mol. The van der Waals surface area contributed by atoms with E-state index in [9.17, 15) is 17.6 Å². The molecule has 1 saturated heterocycles. The van der Waals surface area contributed by atoms with Crippen LogP contribution in [0.5, 0.6) is 0 Å². The number of hydrogen-bond donors (Lipinski definition) is 1. The summed E-state index contributed by atoms with van der Waals surface area (Å²) >= 11 is 0. The molecule has 0 amide bonds. The van der Waals surface area contributed by atoms with Crippen molar-refractivity contribution in [2.24, 2.45) is 0 Å². The summed E-state index contributed by atoms with van der Waals surface area (Å²) in [5.74, 6) is 0.00906. The molecule has 0 saturated carbocycles. The highest BCUT2D eigenvalue weighted by atomic mass is 19.4. The minimum Gasteiger partial charge on any atom is -0.370 e. The highest BCUT2D eigenvalue weighted by Crippen LogP contribution is 2.30. The van der Waals surface area contributed by atoms with Crippen LogP contribution in [0.15, 0.2) is 48.5 Å². The molecule has 29 heavy (non-hydrogen) atoms. The molecule has 10 heteroatoms. The summed E-state index contributed by atoms with van der Waals surface area (Å²) in [6.45, 7) is 2.41. The Bertz CT molecular complexity index is 967. The van der Waals surface area contributed by atoms with Gasteiger partial charge in [-0.2, -0.15) is 17.9 Å². The van der Waals surface area contributed by atoms with Crippen LogP contribution in [-0.2, 0) is 10.9 Å². The molecular formula is C19H18F4N5O+. The Balaban J connectivity index is 1.79. The van der Waals surface area contributed by atoms with Crippen molar-refractivity contribution in [3.05, 3.63) is 71.3 Å². The average Bonchev–Trinajstić information content (AvgIpc) is 3.19. The third kappa shape index (κ3) is 4.13. The molecule has 6 nitrogen and oxygen atoms in total. The molecule has 4 rings (SSSR count). The van der Waals surface area contributed by atoms with E-state index >= 15 is 0 Å². The number of alkyl halides is 3. The number of rotatable bonds is 4. The molecule has 152 valence electrons. The SMILES string of the molecule is Fc1ccc([C@H](c2nnnn2-c2cccc(C(F)(F)F)c2)[NH+]2CCOCC2)cc1. The molecule has 2 heterocycles. The van der Waals surface area contributed by atoms with E-state index in [1.165, 1.54) is 28.9 Å². The maximum atomic E-state index is 13.5. The van der Waals surface area contributed by atoms with Crippen LogP contribution in [0.25, 0.3) is 5.69 Å². The molecule has 1 aromatic heterocycles. The van der Waals surface area contributed by atoms with Crippen molar-refractivity contribution >= 4 is 0 Å². The highest BCUT2D eigenvalue weighted by molar-refractivity contribution is 5.38. The highest BCUT2D eigenvalue weighted by Gasteiger charge is 2.34. The first kappa shape index (κ1) is 19.5. The number of morpholine rings is 1. The van der Waals surface area contributed by atoms with Gasteiger partial charge in [0.2, 0.25) is 5.82 Å². The zero-order valence-corrected chi connectivity index (χ0v) is 15.2. The van der Waals surface area contributed by atoms with E-state index in [0.717, 1.165) is 22.6 Å². The lowest BCUT2D eigenvalue weighted by molar-refractivity contribution is -0.933. The van der Waals surface area contributed by atoms with Crippen molar-refractivity contribution in [1.82, 2.24) is 20.2 Å². The molecule has 0 aliphatic carbocycles. The van der Waals surface area contributed by atoms with Crippen molar-refractivity contribution < 1.29 is 27.2 Å². The lowest BCUT2D eigenvalue weighted by Crippen LogP contribution is -3.14. The Morgan fingerprint density at radius 3 is 2.45 bits per heavy atom. The van der Waals surface area contributed by atoms with E-state index in [4.69, 9.17) is 4.74 Å². The minimum absolute atomic E-state index is 0.208. The molecule has 0 radical (unpaired) electrons. The van der Waals surface area contributed by atoms with Gasteiger partial charge in [0, 0.05) is 5.56 Å². The number of tetrazole rings is 1. The molecule has 1 aliphatic rings. The fourth-order valence-electron chi connectivity index (χ4n) is 3.52. The minimum atomic E-state index is -4.48. The zero-order chi connectivity index (χ0) is 20.4. The van der Waals surface area contributed by atoms with E-state index in [1.807, 2.05) is 0 Å². The molecule has 0 spiro atoms. The molecule has 1 atom stereocenters. The fraction of sp³-hybridized carbons (Fsp3) is 0.316. The molecule has 2 aromatic carbocycles. The lowest BCUT2D eigenvalue weighted by Gasteiger charge is -2.31. The topological polar surface area (TPSA) is 57.3 Å². The fourth-order valence-corrected chi connectivity index (χ4v) is 3.52. The number of nitrogens with one attached hydrogen (secondary N) is 1. The summed E-state index contributed by atoms with van der Waals surface area (Å²) in [5.41, 5.74) is 0.194. The predicted octanol–water partition coefficient (Wildman–Crippen LogP) is 1.82. The Labute approximate surface area is 163 Å². The van der Waals surface area contributed by atoms with Crippen molar-refractivity contribution in [3.63, 3.8) is 0 Å². The van der Waals surface area contributed by atoms with Crippen molar-refractivity contribution in [3.8, 4) is 5.69 Å². The third-order valence-corrected chi connectivity index (χ3v) is 4.92. The van der Waals surface area contributed by atoms with Gasteiger partial charge < -0.3 is 9.64 Å². The van der Waals surface area contributed by atoms with Gasteiger partial charge in [0.05, 0.1) is 24.5 Å². The van der Waals surface area contributed by atoms with Crippen LogP contribution in [0.2, 0.25) is 0 Å². The van der Waals surface area contributed by atoms with Gasteiger partial charge in [-0.3, -0.25) is 0 Å². The van der Waals surface area contributed by atoms with Crippen molar-refractivity contribution in [2.75, 3.05) is 26.3 Å². The van der Waals surface area contributed by atoms with Gasteiger partial charge in [-0.25, -0.2) is 4.39 Å². The number of quaternary nitrogens is 1. The van der Waals surface area contributed by atoms with Gasteiger partial charge in [-0.05, 0) is 52.9 Å². The maximum Gasteiger partial charge on any atom is 0.416 e. The normalized spacial score (nSPS) is 16.7. The number of benzene rings is 2. The second-order valence-corrected chi connectivity index (χ2v) is 6.75. The largest absolute Gasteiger partial charge is 0.416 e. The van der Waals surface area contributed by atoms with E-state index in [-0.39, 0.29) is 17.5 Å². The second kappa shape index (κ2) is 7.88. The van der Waals surface area contributed by atoms with E-state index < -0.39 is 11.7 Å². The van der Waals surface area contributed by atoms with Crippen LogP contribution in [0.3, 0.4) is 0 Å². The number of nitrogens with zero attached hydrogens (tertiary/aromatic N) is 4. The first-order chi connectivity index (χ1) is 13.9. The van der Waals surface area contributed by atoms with Gasteiger partial charge in [0.25, 0.3) is 0 Å². The van der Waals surface area contributed by atoms with Crippen molar-refractivity contribution in [2.45, 2.75) is 12.2 Å². The smallest absolute Gasteiger partial charge is 0.370 e. The second-order valence-electron chi connectivity index (χ2n) is 6.75. The maximum absolute atomic E-state index is 13.5. The van der Waals surface area contributed by atoms with Gasteiger partial charge in [0.1, 0.15) is 18.9 Å². The lowest BCUT2D eigenvalue weighted by atomic mass is 10.0. The summed E-state index contributed by atoms with van der Waals surface area (Å²) in [7, 11) is 0. The van der Waals surface area contributed by atoms with Gasteiger partial charge in [-0.15, -0.1) is 5.10 Å². The molecule has 0 unspecified atom stereocenters. The van der Waals surface area contributed by atoms with E-state index in [1.54, 1.807) is 12.1 Å². The number of ether oxygens (including phenoxy) is 1. The Morgan fingerprint density at radius 1 is 1.03 bits per heavy atom. The van der Waals surface area contributed by atoms with Crippen LogP contribution in [0, 0.1) is 5.82 Å². The molecule has 0 bridgehead atoms. The standard InChI is InChI=1S/C19H17F4N5O/c20-15-6-4-13(5-7-15)17(27-8-10-29-11-9-27)18-24-25-26-28(18)16-3-1-2-14(12-16)19(21,22)23/h1-7,12,17H,8-11H2/p+1/t17-/m1/s1. The predicted molar refractivity (Wildman–Crippen MR) is 93.9 cm³/mol. The van der Waals surface area contributed by atoms with Crippen LogP contribution in [0.4, 0.5) is 17.6 Å². The molecule has 3 aromatic rings. The van der Waals surface area contributed by atoms with Gasteiger partial charge >= 0.3 is 6.18 Å². The van der Waals surface area contributed by atoms with Gasteiger partial charge in [0.15, 0.2) is 6.04 Å². The Hall–Kier alpha value is -2.85. The number of halogens is 4. The Kier molecular flexibility index (Phi) is 5.29. The first-order valence-electron chi connectivity index (χ1n) is 9.07. The zero-order valence-electron chi connectivity index (χ0n) is 15.2. The molecule has 1 fully saturated rings. The molecule has 1 N–H and O–H groups in total. The molecular weight excluding hydrogens is 390 g/mol. The summed E-state index contributed by atoms with van der Waals surface area (Å²) in [6.07, 6.45) is -4.48. The first-order valence-corrected chi connectivity index (χ1v) is 9.07. The van der Waals surface area contributed by atoms with Gasteiger partial charge in [-0.1, -0.05) is 6.07 Å². The van der Waals surface area contributed by atoms with Crippen molar-refractivity contribution in [1.29, 1.82) is 0 Å². The van der Waals surface area contributed by atoms with Crippen LogP contribution in [0.1, 0.15) is 23.0 Å². The van der Waals surface area contributed by atoms with E-state index in [0.29, 0.717) is 32.1 Å². The quantitative estimate of drug-likeness (QED) is 0.670.